The van der Waals surface area contributed by atoms with E-state index in [1.54, 1.807) is 23.1 Å². The van der Waals surface area contributed by atoms with Gasteiger partial charge in [0.1, 0.15) is 5.01 Å². The summed E-state index contributed by atoms with van der Waals surface area (Å²) in [5.74, 6) is -1.46. The number of hydrogen-bond donors (Lipinski definition) is 3. The average molecular weight is 763 g/mol. The summed E-state index contributed by atoms with van der Waals surface area (Å²) >= 11 is 1.14. The molecule has 2 aromatic carbocycles. The molecule has 4 rings (SSSR count). The number of benzene rings is 2. The zero-order chi connectivity index (χ0) is 37.1. The maximum atomic E-state index is 13.9. The highest BCUT2D eigenvalue weighted by atomic mass is 32.2. The number of β-amino-alcohol motifs (C(OH)–C–C–N with tert-alkyl or cyclic N) is 1. The van der Waals surface area contributed by atoms with E-state index in [0.717, 1.165) is 54.4 Å². The van der Waals surface area contributed by atoms with E-state index in [0.29, 0.717) is 41.7 Å². The Morgan fingerprint density at radius 2 is 1.51 bits per heavy atom. The van der Waals surface area contributed by atoms with Crippen molar-refractivity contribution in [2.75, 3.05) is 31.6 Å². The number of amides is 2. The number of thiazole rings is 1. The number of fused-ring (bicyclic) bond motifs is 1. The van der Waals surface area contributed by atoms with E-state index < -0.39 is 42.4 Å². The molecule has 1 saturated heterocycles. The molecule has 2 heterocycles. The molecule has 1 aromatic heterocycles. The van der Waals surface area contributed by atoms with Crippen molar-refractivity contribution < 1.29 is 31.5 Å². The maximum absolute atomic E-state index is 13.9. The summed E-state index contributed by atoms with van der Waals surface area (Å²) in [6.45, 7) is 2.74. The number of likely N-dealkylation sites (tertiary alicyclic amines) is 1. The van der Waals surface area contributed by atoms with Gasteiger partial charge in [0.15, 0.2) is 9.84 Å². The molecule has 0 spiro atoms. The van der Waals surface area contributed by atoms with Crippen molar-refractivity contribution in [2.24, 2.45) is 5.14 Å². The fourth-order valence-electron chi connectivity index (χ4n) is 6.69. The van der Waals surface area contributed by atoms with Crippen LogP contribution in [0.1, 0.15) is 112 Å². The highest BCUT2D eigenvalue weighted by Gasteiger charge is 2.51. The van der Waals surface area contributed by atoms with Crippen LogP contribution in [0.25, 0.3) is 21.3 Å². The van der Waals surface area contributed by atoms with Crippen LogP contribution in [-0.4, -0.2) is 81.4 Å². The van der Waals surface area contributed by atoms with E-state index in [-0.39, 0.29) is 23.9 Å². The van der Waals surface area contributed by atoms with Crippen LogP contribution in [0.5, 0.6) is 0 Å². The van der Waals surface area contributed by atoms with Gasteiger partial charge in [0.25, 0.3) is 5.91 Å². The van der Waals surface area contributed by atoms with Crippen LogP contribution in [-0.2, 0) is 29.4 Å². The van der Waals surface area contributed by atoms with Gasteiger partial charge in [-0.2, -0.15) is 0 Å². The Kier molecular flexibility index (Phi) is 15.0. The van der Waals surface area contributed by atoms with Gasteiger partial charge in [-0.25, -0.2) is 27.0 Å². The highest BCUT2D eigenvalue weighted by Crippen LogP contribution is 2.41. The zero-order valence-corrected chi connectivity index (χ0v) is 32.4. The Labute approximate surface area is 307 Å². The van der Waals surface area contributed by atoms with E-state index in [1.165, 1.54) is 44.9 Å². The van der Waals surface area contributed by atoms with Gasteiger partial charge in [-0.15, -0.1) is 11.3 Å². The van der Waals surface area contributed by atoms with Crippen LogP contribution in [0.4, 0.5) is 0 Å². The van der Waals surface area contributed by atoms with Crippen molar-refractivity contribution >= 4 is 53.2 Å². The van der Waals surface area contributed by atoms with Gasteiger partial charge >= 0.3 is 0 Å². The number of carbonyl (C=O) groups excluding carboxylic acids is 2. The van der Waals surface area contributed by atoms with Gasteiger partial charge in [0.05, 0.1) is 22.1 Å². The molecule has 2 amide bonds. The number of carbonyl (C=O) groups is 2. The number of nitrogens with one attached hydrogen (secondary N) is 1. The molecule has 0 bridgehead atoms. The second-order valence-corrected chi connectivity index (χ2v) is 18.8. The first-order valence-electron chi connectivity index (χ1n) is 18.2. The molecule has 14 heteroatoms. The molecule has 1 aliphatic rings. The number of rotatable bonds is 21. The highest BCUT2D eigenvalue weighted by molar-refractivity contribution is 7.92. The lowest BCUT2D eigenvalue weighted by Crippen LogP contribution is -2.50. The fourth-order valence-corrected chi connectivity index (χ4v) is 10.1. The van der Waals surface area contributed by atoms with E-state index in [2.05, 4.69) is 12.2 Å². The molecule has 51 heavy (non-hydrogen) atoms. The lowest BCUT2D eigenvalue weighted by atomic mass is 9.98. The van der Waals surface area contributed by atoms with Crippen molar-refractivity contribution in [3.8, 4) is 11.1 Å². The monoisotopic (exact) mass is 762 g/mol. The van der Waals surface area contributed by atoms with E-state index >= 15 is 0 Å². The second-order valence-electron chi connectivity index (χ2n) is 13.8. The number of aromatic nitrogens is 1. The van der Waals surface area contributed by atoms with Crippen LogP contribution < -0.4 is 10.5 Å². The lowest BCUT2D eigenvalue weighted by molar-refractivity contribution is -0.124. The van der Waals surface area contributed by atoms with Crippen molar-refractivity contribution in [2.45, 2.75) is 108 Å². The first-order chi connectivity index (χ1) is 24.2. The molecule has 2 atom stereocenters. The number of hydrogen-bond acceptors (Lipinski definition) is 9. The third-order valence-corrected chi connectivity index (χ3v) is 13.6. The Hall–Kier alpha value is -2.91. The first-order valence-corrected chi connectivity index (χ1v) is 22.6. The minimum atomic E-state index is -4.09. The van der Waals surface area contributed by atoms with Crippen molar-refractivity contribution in [1.29, 1.82) is 0 Å². The molecule has 0 saturated carbocycles. The quantitative estimate of drug-likeness (QED) is 0.112. The first kappa shape index (κ1) is 40.9. The number of unbranched alkanes of at least 4 members (excludes halogenated alkanes) is 11. The molecule has 4 N–H and O–H groups in total. The smallest absolute Gasteiger partial charge is 0.253 e. The summed E-state index contributed by atoms with van der Waals surface area (Å²) in [7, 11) is -7.97. The van der Waals surface area contributed by atoms with Crippen LogP contribution in [0, 0.1) is 0 Å². The molecule has 11 nitrogen and oxygen atoms in total. The van der Waals surface area contributed by atoms with Gasteiger partial charge in [-0.05, 0) is 48.2 Å². The van der Waals surface area contributed by atoms with E-state index in [9.17, 15) is 31.5 Å². The maximum Gasteiger partial charge on any atom is 0.253 e. The fraction of sp³-hybridized carbons (Fsp3) is 0.595. The Morgan fingerprint density at radius 3 is 2.06 bits per heavy atom. The summed E-state index contributed by atoms with van der Waals surface area (Å²) in [5.41, 5.74) is 2.74. The minimum absolute atomic E-state index is 0.0146. The predicted octanol–water partition coefficient (Wildman–Crippen LogP) is 5.91. The standard InChI is InChI=1S/C37H54N4O7S3/c1-3-4-5-6-7-8-9-10-11-12-13-14-22-37(50(2,45)46,35(44)39-23-25-51(38,47)48)36-40-32-20-19-30(26-33(32)49-36)28-15-17-29(18-16-28)34(43)41-24-21-31(42)27-41/h15-20,26,31,42H,3-14,21-25,27H2,1-2H3,(H,39,44)(H2,38,47,48)/t31-,37?/m0/s1. The van der Waals surface area contributed by atoms with Gasteiger partial charge in [0, 0.05) is 31.5 Å². The third kappa shape index (κ3) is 11.3. The number of primary sulfonamides is 1. The van der Waals surface area contributed by atoms with Crippen molar-refractivity contribution in [3.05, 3.63) is 53.0 Å². The molecule has 1 aliphatic heterocycles. The third-order valence-electron chi connectivity index (χ3n) is 9.70. The van der Waals surface area contributed by atoms with Gasteiger partial charge in [0.2, 0.25) is 20.7 Å². The zero-order valence-electron chi connectivity index (χ0n) is 29.9. The normalized spacial score (nSPS) is 16.4. The second kappa shape index (κ2) is 18.7. The molecular formula is C37H54N4O7S3. The predicted molar refractivity (Wildman–Crippen MR) is 205 cm³/mol. The Balaban J connectivity index is 1.51. The summed E-state index contributed by atoms with van der Waals surface area (Å²) in [4.78, 5) is 33.1. The molecule has 282 valence electrons. The van der Waals surface area contributed by atoms with Gasteiger partial charge in [-0.3, -0.25) is 9.59 Å². The minimum Gasteiger partial charge on any atom is -0.391 e. The Morgan fingerprint density at radius 1 is 0.922 bits per heavy atom. The lowest BCUT2D eigenvalue weighted by Gasteiger charge is -2.29. The summed E-state index contributed by atoms with van der Waals surface area (Å²) < 4.78 is 49.2. The van der Waals surface area contributed by atoms with Gasteiger partial charge < -0.3 is 15.3 Å². The summed E-state index contributed by atoms with van der Waals surface area (Å²) in [5, 5.41) is 17.6. The molecular weight excluding hydrogens is 709 g/mol. The number of aliphatic hydroxyl groups excluding tert-OH is 1. The summed E-state index contributed by atoms with van der Waals surface area (Å²) in [6, 6.07) is 12.7. The molecule has 1 unspecified atom stereocenters. The van der Waals surface area contributed by atoms with Crippen LogP contribution in [0.15, 0.2) is 42.5 Å². The number of nitrogens with zero attached hydrogens (tertiary/aromatic N) is 2. The molecule has 0 radical (unpaired) electrons. The average Bonchev–Trinajstić information content (AvgIpc) is 3.71. The van der Waals surface area contributed by atoms with Crippen LogP contribution >= 0.6 is 11.3 Å². The largest absolute Gasteiger partial charge is 0.391 e. The van der Waals surface area contributed by atoms with Crippen molar-refractivity contribution in [3.63, 3.8) is 0 Å². The van der Waals surface area contributed by atoms with Crippen LogP contribution in [0.2, 0.25) is 0 Å². The number of nitrogens with two attached hydrogens (primary N) is 1. The van der Waals surface area contributed by atoms with E-state index in [4.69, 9.17) is 10.1 Å². The molecule has 0 aliphatic carbocycles. The Bertz CT molecular complexity index is 1830. The topological polar surface area (TPSA) is 177 Å². The number of sulfonamides is 1. The number of sulfone groups is 1. The summed E-state index contributed by atoms with van der Waals surface area (Å²) in [6.07, 6.45) is 14.3. The molecule has 1 fully saturated rings. The van der Waals surface area contributed by atoms with E-state index in [1.807, 2.05) is 24.3 Å². The molecule has 3 aromatic rings. The van der Waals surface area contributed by atoms with Gasteiger partial charge in [-0.1, -0.05) is 102 Å². The number of aliphatic hydroxyl groups is 1. The van der Waals surface area contributed by atoms with Crippen LogP contribution in [0.3, 0.4) is 0 Å². The van der Waals surface area contributed by atoms with Crippen molar-refractivity contribution in [1.82, 2.24) is 15.2 Å². The SMILES string of the molecule is CCCCCCCCCCCCCCC(C(=O)NCCS(N)(=O)=O)(c1nc2ccc(-c3ccc(C(=O)N4CC[C@H](O)C4)cc3)cc2s1)S(C)(=O)=O.